The number of hydrogen-bond donors (Lipinski definition) is 1. The van der Waals surface area contributed by atoms with Gasteiger partial charge in [0.1, 0.15) is 11.9 Å². The SMILES string of the molecule is COCC1C[C@@H](O)c2ccccc2O1. The van der Waals surface area contributed by atoms with Crippen LogP contribution in [0.25, 0.3) is 0 Å². The van der Waals surface area contributed by atoms with Gasteiger partial charge < -0.3 is 14.6 Å². The van der Waals surface area contributed by atoms with Crippen LogP contribution in [-0.4, -0.2) is 24.9 Å². The first kappa shape index (κ1) is 9.49. The van der Waals surface area contributed by atoms with Crippen molar-refractivity contribution in [2.75, 3.05) is 13.7 Å². The molecule has 1 aromatic carbocycles. The molecule has 14 heavy (non-hydrogen) atoms. The molecule has 0 bridgehead atoms. The first-order valence-corrected chi connectivity index (χ1v) is 4.74. The number of methoxy groups -OCH3 is 1. The maximum atomic E-state index is 9.82. The Kier molecular flexibility index (Phi) is 2.70. The lowest BCUT2D eigenvalue weighted by molar-refractivity contribution is 0.0188. The third-order valence-corrected chi connectivity index (χ3v) is 2.41. The Bertz CT molecular complexity index is 311. The summed E-state index contributed by atoms with van der Waals surface area (Å²) in [5.74, 6) is 0.772. The second-order valence-electron chi connectivity index (χ2n) is 3.48. The third kappa shape index (κ3) is 1.74. The summed E-state index contributed by atoms with van der Waals surface area (Å²) in [5, 5.41) is 9.82. The molecule has 0 fully saturated rings. The Hall–Kier alpha value is -1.06. The molecule has 76 valence electrons. The standard InChI is InChI=1S/C11H14O3/c1-13-7-8-6-10(12)9-4-2-3-5-11(9)14-8/h2-5,8,10,12H,6-7H2,1H3/t8?,10-/m1/s1. The lowest BCUT2D eigenvalue weighted by Crippen LogP contribution is -2.29. The van der Waals surface area contributed by atoms with Crippen molar-refractivity contribution in [2.45, 2.75) is 18.6 Å². The number of hydrogen-bond acceptors (Lipinski definition) is 3. The zero-order chi connectivity index (χ0) is 9.97. The largest absolute Gasteiger partial charge is 0.488 e. The van der Waals surface area contributed by atoms with Crippen molar-refractivity contribution >= 4 is 0 Å². The highest BCUT2D eigenvalue weighted by Crippen LogP contribution is 2.34. The quantitative estimate of drug-likeness (QED) is 0.775. The highest BCUT2D eigenvalue weighted by molar-refractivity contribution is 5.36. The van der Waals surface area contributed by atoms with Gasteiger partial charge in [0.2, 0.25) is 0 Å². The fourth-order valence-electron chi connectivity index (χ4n) is 1.75. The van der Waals surface area contributed by atoms with Crippen molar-refractivity contribution < 1.29 is 14.6 Å². The molecule has 1 aliphatic rings. The Labute approximate surface area is 83.3 Å². The van der Waals surface area contributed by atoms with Gasteiger partial charge in [-0.05, 0) is 6.07 Å². The molecule has 0 aromatic heterocycles. The predicted octanol–water partition coefficient (Wildman–Crippen LogP) is 1.52. The van der Waals surface area contributed by atoms with Crippen molar-refractivity contribution in [2.24, 2.45) is 0 Å². The van der Waals surface area contributed by atoms with Gasteiger partial charge in [0.15, 0.2) is 0 Å². The number of aliphatic hydroxyl groups excluding tert-OH is 1. The summed E-state index contributed by atoms with van der Waals surface area (Å²) in [6, 6.07) is 7.58. The third-order valence-electron chi connectivity index (χ3n) is 2.41. The Morgan fingerprint density at radius 1 is 1.50 bits per heavy atom. The molecule has 1 aromatic rings. The van der Waals surface area contributed by atoms with E-state index in [0.717, 1.165) is 11.3 Å². The van der Waals surface area contributed by atoms with E-state index in [0.29, 0.717) is 13.0 Å². The molecule has 0 aliphatic carbocycles. The molecule has 3 nitrogen and oxygen atoms in total. The molecule has 1 N–H and O–H groups in total. The number of rotatable bonds is 2. The van der Waals surface area contributed by atoms with Gasteiger partial charge in [0, 0.05) is 19.1 Å². The lowest BCUT2D eigenvalue weighted by Gasteiger charge is -2.28. The molecule has 1 aliphatic heterocycles. The van der Waals surface area contributed by atoms with Crippen molar-refractivity contribution in [3.05, 3.63) is 29.8 Å². The molecule has 3 heteroatoms. The normalized spacial score (nSPS) is 25.3. The summed E-state index contributed by atoms with van der Waals surface area (Å²) in [6.07, 6.45) is 0.134. The number of fused-ring (bicyclic) bond motifs is 1. The highest BCUT2D eigenvalue weighted by atomic mass is 16.5. The Morgan fingerprint density at radius 3 is 3.07 bits per heavy atom. The molecule has 1 heterocycles. The van der Waals surface area contributed by atoms with Gasteiger partial charge in [-0.3, -0.25) is 0 Å². The minimum Gasteiger partial charge on any atom is -0.488 e. The van der Waals surface area contributed by atoms with E-state index >= 15 is 0 Å². The van der Waals surface area contributed by atoms with Gasteiger partial charge in [0.05, 0.1) is 12.7 Å². The Balaban J connectivity index is 2.20. The molecular formula is C11H14O3. The van der Waals surface area contributed by atoms with E-state index in [2.05, 4.69) is 0 Å². The van der Waals surface area contributed by atoms with Crippen LogP contribution >= 0.6 is 0 Å². The number of ether oxygens (including phenoxy) is 2. The van der Waals surface area contributed by atoms with E-state index in [1.165, 1.54) is 0 Å². The van der Waals surface area contributed by atoms with Gasteiger partial charge in [0.25, 0.3) is 0 Å². The fraction of sp³-hybridized carbons (Fsp3) is 0.455. The first-order valence-electron chi connectivity index (χ1n) is 4.74. The minimum absolute atomic E-state index is 0.0371. The van der Waals surface area contributed by atoms with Gasteiger partial charge >= 0.3 is 0 Å². The van der Waals surface area contributed by atoms with Crippen LogP contribution in [0, 0.1) is 0 Å². The topological polar surface area (TPSA) is 38.7 Å². The maximum Gasteiger partial charge on any atom is 0.125 e. The molecule has 0 saturated carbocycles. The predicted molar refractivity (Wildman–Crippen MR) is 52.3 cm³/mol. The molecule has 0 saturated heterocycles. The average Bonchev–Trinajstić information content (AvgIpc) is 2.18. The van der Waals surface area contributed by atoms with Crippen molar-refractivity contribution in [3.8, 4) is 5.75 Å². The number of para-hydroxylation sites is 1. The highest BCUT2D eigenvalue weighted by Gasteiger charge is 2.26. The van der Waals surface area contributed by atoms with E-state index in [1.54, 1.807) is 7.11 Å². The molecule has 0 radical (unpaired) electrons. The molecular weight excluding hydrogens is 180 g/mol. The fourth-order valence-corrected chi connectivity index (χ4v) is 1.75. The van der Waals surface area contributed by atoms with E-state index < -0.39 is 6.10 Å². The molecule has 0 spiro atoms. The summed E-state index contributed by atoms with van der Waals surface area (Å²) in [4.78, 5) is 0. The Morgan fingerprint density at radius 2 is 2.29 bits per heavy atom. The smallest absolute Gasteiger partial charge is 0.125 e. The van der Waals surface area contributed by atoms with Gasteiger partial charge in [-0.1, -0.05) is 18.2 Å². The van der Waals surface area contributed by atoms with Crippen molar-refractivity contribution in [1.29, 1.82) is 0 Å². The zero-order valence-corrected chi connectivity index (χ0v) is 8.14. The maximum absolute atomic E-state index is 9.82. The van der Waals surface area contributed by atoms with E-state index in [9.17, 15) is 5.11 Å². The van der Waals surface area contributed by atoms with Crippen LogP contribution in [0.5, 0.6) is 5.75 Å². The minimum atomic E-state index is -0.430. The summed E-state index contributed by atoms with van der Waals surface area (Å²) in [7, 11) is 1.64. The molecule has 2 rings (SSSR count). The van der Waals surface area contributed by atoms with Crippen LogP contribution in [0.2, 0.25) is 0 Å². The van der Waals surface area contributed by atoms with Crippen LogP contribution in [0.3, 0.4) is 0 Å². The van der Waals surface area contributed by atoms with Gasteiger partial charge in [-0.2, -0.15) is 0 Å². The van der Waals surface area contributed by atoms with Gasteiger partial charge in [-0.15, -0.1) is 0 Å². The van der Waals surface area contributed by atoms with Gasteiger partial charge in [-0.25, -0.2) is 0 Å². The zero-order valence-electron chi connectivity index (χ0n) is 8.14. The van der Waals surface area contributed by atoms with E-state index in [4.69, 9.17) is 9.47 Å². The van der Waals surface area contributed by atoms with E-state index in [1.807, 2.05) is 24.3 Å². The summed E-state index contributed by atoms with van der Waals surface area (Å²) in [6.45, 7) is 0.519. The molecule has 2 atom stereocenters. The van der Waals surface area contributed by atoms with E-state index in [-0.39, 0.29) is 6.10 Å². The summed E-state index contributed by atoms with van der Waals surface area (Å²) in [5.41, 5.74) is 0.875. The van der Waals surface area contributed by atoms with Crippen LogP contribution in [0.4, 0.5) is 0 Å². The summed E-state index contributed by atoms with van der Waals surface area (Å²) >= 11 is 0. The lowest BCUT2D eigenvalue weighted by atomic mass is 9.99. The number of benzene rings is 1. The summed E-state index contributed by atoms with van der Waals surface area (Å²) < 4.78 is 10.7. The first-order chi connectivity index (χ1) is 6.81. The average molecular weight is 194 g/mol. The van der Waals surface area contributed by atoms with Crippen molar-refractivity contribution in [3.63, 3.8) is 0 Å². The molecule has 0 amide bonds. The van der Waals surface area contributed by atoms with Crippen LogP contribution < -0.4 is 4.74 Å². The van der Waals surface area contributed by atoms with Crippen LogP contribution in [0.1, 0.15) is 18.1 Å². The second kappa shape index (κ2) is 3.98. The number of aliphatic hydroxyl groups is 1. The molecule has 1 unspecified atom stereocenters. The van der Waals surface area contributed by atoms with Crippen LogP contribution in [0.15, 0.2) is 24.3 Å². The second-order valence-corrected chi connectivity index (χ2v) is 3.48. The monoisotopic (exact) mass is 194 g/mol. The van der Waals surface area contributed by atoms with Crippen LogP contribution in [-0.2, 0) is 4.74 Å². The van der Waals surface area contributed by atoms with Crippen molar-refractivity contribution in [1.82, 2.24) is 0 Å².